The van der Waals surface area contributed by atoms with Crippen LogP contribution in [0.3, 0.4) is 0 Å². The molecule has 1 heterocycles. The van der Waals surface area contributed by atoms with Crippen LogP contribution >= 0.6 is 0 Å². The van der Waals surface area contributed by atoms with Crippen LogP contribution in [0, 0.1) is 17.8 Å². The van der Waals surface area contributed by atoms with Crippen LogP contribution in [-0.4, -0.2) is 12.1 Å². The lowest BCUT2D eigenvalue weighted by molar-refractivity contribution is -0.165. The van der Waals surface area contributed by atoms with Crippen LogP contribution in [-0.2, 0) is 9.53 Å². The summed E-state index contributed by atoms with van der Waals surface area (Å²) in [5.41, 5.74) is 0. The van der Waals surface area contributed by atoms with E-state index < -0.39 is 0 Å². The van der Waals surface area contributed by atoms with Crippen molar-refractivity contribution in [2.75, 3.05) is 0 Å². The standard InChI is InChI=1S/C10H18O2/c1-6(2)9-7(3)5-8(4)12-10(9)11/h6-9H,5H2,1-4H3. The highest BCUT2D eigenvalue weighted by molar-refractivity contribution is 5.74. The third kappa shape index (κ3) is 1.79. The second-order valence-electron chi connectivity index (χ2n) is 4.23. The fourth-order valence-electron chi connectivity index (χ4n) is 2.16. The lowest BCUT2D eigenvalue weighted by Crippen LogP contribution is -2.38. The molecule has 3 atom stereocenters. The van der Waals surface area contributed by atoms with Gasteiger partial charge in [0.25, 0.3) is 0 Å². The van der Waals surface area contributed by atoms with E-state index in [-0.39, 0.29) is 18.0 Å². The van der Waals surface area contributed by atoms with Crippen molar-refractivity contribution in [1.29, 1.82) is 0 Å². The van der Waals surface area contributed by atoms with Gasteiger partial charge < -0.3 is 4.74 Å². The SMILES string of the molecule is CC1CC(C)C(C(C)C)C(=O)O1. The molecule has 0 bridgehead atoms. The van der Waals surface area contributed by atoms with Crippen LogP contribution < -0.4 is 0 Å². The quantitative estimate of drug-likeness (QED) is 0.564. The summed E-state index contributed by atoms with van der Waals surface area (Å²) in [7, 11) is 0. The average Bonchev–Trinajstić information content (AvgIpc) is 1.82. The number of cyclic esters (lactones) is 1. The number of ether oxygens (including phenoxy) is 1. The van der Waals surface area contributed by atoms with Gasteiger partial charge in [-0.25, -0.2) is 0 Å². The molecule has 1 saturated heterocycles. The Balaban J connectivity index is 2.67. The Morgan fingerprint density at radius 3 is 2.42 bits per heavy atom. The first-order valence-corrected chi connectivity index (χ1v) is 4.73. The fourth-order valence-corrected chi connectivity index (χ4v) is 2.16. The van der Waals surface area contributed by atoms with E-state index in [0.29, 0.717) is 11.8 Å². The van der Waals surface area contributed by atoms with Gasteiger partial charge in [-0.2, -0.15) is 0 Å². The molecule has 1 aliphatic rings. The van der Waals surface area contributed by atoms with Gasteiger partial charge >= 0.3 is 5.97 Å². The molecule has 0 aromatic heterocycles. The van der Waals surface area contributed by atoms with Gasteiger partial charge in [-0.15, -0.1) is 0 Å². The number of carbonyl (C=O) groups excluding carboxylic acids is 1. The van der Waals surface area contributed by atoms with E-state index in [1.54, 1.807) is 0 Å². The molecule has 0 aliphatic carbocycles. The molecule has 2 nitrogen and oxygen atoms in total. The normalized spacial score (nSPS) is 36.8. The van der Waals surface area contributed by atoms with Crippen molar-refractivity contribution >= 4 is 5.97 Å². The molecule has 0 aromatic carbocycles. The number of hydrogen-bond donors (Lipinski definition) is 0. The van der Waals surface area contributed by atoms with Gasteiger partial charge in [0.2, 0.25) is 0 Å². The molecular formula is C10H18O2. The van der Waals surface area contributed by atoms with E-state index in [4.69, 9.17) is 4.74 Å². The van der Waals surface area contributed by atoms with Gasteiger partial charge in [-0.1, -0.05) is 20.8 Å². The number of carbonyl (C=O) groups is 1. The van der Waals surface area contributed by atoms with E-state index in [0.717, 1.165) is 6.42 Å². The van der Waals surface area contributed by atoms with E-state index in [9.17, 15) is 4.79 Å². The van der Waals surface area contributed by atoms with Gasteiger partial charge in [-0.3, -0.25) is 4.79 Å². The molecule has 0 amide bonds. The van der Waals surface area contributed by atoms with Crippen molar-refractivity contribution in [2.24, 2.45) is 17.8 Å². The largest absolute Gasteiger partial charge is 0.462 e. The summed E-state index contributed by atoms with van der Waals surface area (Å²) in [6.07, 6.45) is 1.12. The Hall–Kier alpha value is -0.530. The van der Waals surface area contributed by atoms with Gasteiger partial charge in [0.1, 0.15) is 0 Å². The van der Waals surface area contributed by atoms with Crippen LogP contribution in [0.15, 0.2) is 0 Å². The van der Waals surface area contributed by atoms with Gasteiger partial charge in [0.05, 0.1) is 12.0 Å². The van der Waals surface area contributed by atoms with Crippen molar-refractivity contribution in [3.05, 3.63) is 0 Å². The van der Waals surface area contributed by atoms with Gasteiger partial charge in [0, 0.05) is 0 Å². The Morgan fingerprint density at radius 1 is 1.42 bits per heavy atom. The lowest BCUT2D eigenvalue weighted by Gasteiger charge is -2.33. The minimum absolute atomic E-state index is 0.00347. The van der Waals surface area contributed by atoms with Gasteiger partial charge in [-0.05, 0) is 25.2 Å². The van der Waals surface area contributed by atoms with Crippen LogP contribution in [0.5, 0.6) is 0 Å². The molecular weight excluding hydrogens is 152 g/mol. The fraction of sp³-hybridized carbons (Fsp3) is 0.900. The Labute approximate surface area is 74.3 Å². The molecule has 0 saturated carbocycles. The summed E-state index contributed by atoms with van der Waals surface area (Å²) >= 11 is 0. The summed E-state index contributed by atoms with van der Waals surface area (Å²) in [4.78, 5) is 11.4. The van der Waals surface area contributed by atoms with Crippen molar-refractivity contribution in [1.82, 2.24) is 0 Å². The minimum atomic E-state index is -0.00347. The molecule has 0 aromatic rings. The smallest absolute Gasteiger partial charge is 0.309 e. The molecule has 12 heavy (non-hydrogen) atoms. The summed E-state index contributed by atoms with van der Waals surface area (Å²) in [6, 6.07) is 0. The number of rotatable bonds is 1. The molecule has 70 valence electrons. The Bertz CT molecular complexity index is 175. The first kappa shape index (κ1) is 9.56. The van der Waals surface area contributed by atoms with Crippen LogP contribution in [0.25, 0.3) is 0 Å². The minimum Gasteiger partial charge on any atom is -0.462 e. The summed E-state index contributed by atoms with van der Waals surface area (Å²) < 4.78 is 5.19. The number of hydrogen-bond acceptors (Lipinski definition) is 2. The second kappa shape index (κ2) is 3.46. The molecule has 0 radical (unpaired) electrons. The molecule has 0 N–H and O–H groups in total. The zero-order valence-corrected chi connectivity index (χ0v) is 8.33. The summed E-state index contributed by atoms with van der Waals surface area (Å²) in [6.45, 7) is 8.27. The third-order valence-electron chi connectivity index (χ3n) is 2.62. The summed E-state index contributed by atoms with van der Waals surface area (Å²) in [5.74, 6) is 0.985. The topological polar surface area (TPSA) is 26.3 Å². The molecule has 1 aliphatic heterocycles. The van der Waals surface area contributed by atoms with Crippen molar-refractivity contribution in [3.8, 4) is 0 Å². The molecule has 3 unspecified atom stereocenters. The van der Waals surface area contributed by atoms with Crippen LogP contribution in [0.2, 0.25) is 0 Å². The molecule has 0 spiro atoms. The zero-order valence-electron chi connectivity index (χ0n) is 8.33. The molecule has 2 heteroatoms. The van der Waals surface area contributed by atoms with Crippen LogP contribution in [0.4, 0.5) is 0 Å². The Kier molecular flexibility index (Phi) is 2.76. The molecule has 1 fully saturated rings. The Morgan fingerprint density at radius 2 is 2.00 bits per heavy atom. The second-order valence-corrected chi connectivity index (χ2v) is 4.23. The maximum absolute atomic E-state index is 11.4. The van der Waals surface area contributed by atoms with Crippen molar-refractivity contribution in [2.45, 2.75) is 40.2 Å². The lowest BCUT2D eigenvalue weighted by atomic mass is 9.80. The number of esters is 1. The average molecular weight is 170 g/mol. The first-order valence-electron chi connectivity index (χ1n) is 4.73. The van der Waals surface area contributed by atoms with Crippen LogP contribution in [0.1, 0.15) is 34.1 Å². The third-order valence-corrected chi connectivity index (χ3v) is 2.62. The zero-order chi connectivity index (χ0) is 9.30. The van der Waals surface area contributed by atoms with E-state index in [1.165, 1.54) is 0 Å². The van der Waals surface area contributed by atoms with Crippen molar-refractivity contribution < 1.29 is 9.53 Å². The highest BCUT2D eigenvalue weighted by atomic mass is 16.5. The predicted octanol–water partition coefficient (Wildman–Crippen LogP) is 2.23. The monoisotopic (exact) mass is 170 g/mol. The van der Waals surface area contributed by atoms with Crippen molar-refractivity contribution in [3.63, 3.8) is 0 Å². The first-order chi connectivity index (χ1) is 5.52. The van der Waals surface area contributed by atoms with Gasteiger partial charge in [0.15, 0.2) is 0 Å². The van der Waals surface area contributed by atoms with E-state index in [2.05, 4.69) is 20.8 Å². The molecule has 1 rings (SSSR count). The highest BCUT2D eigenvalue weighted by Crippen LogP contribution is 2.31. The highest BCUT2D eigenvalue weighted by Gasteiger charge is 2.35. The summed E-state index contributed by atoms with van der Waals surface area (Å²) in [5, 5.41) is 0. The predicted molar refractivity (Wildman–Crippen MR) is 47.7 cm³/mol. The van der Waals surface area contributed by atoms with E-state index >= 15 is 0 Å². The maximum Gasteiger partial charge on any atom is 0.309 e. The van der Waals surface area contributed by atoms with E-state index in [1.807, 2.05) is 6.92 Å². The maximum atomic E-state index is 11.4.